The maximum absolute atomic E-state index is 13.0. The molecule has 40 heavy (non-hydrogen) atoms. The zero-order chi connectivity index (χ0) is 28.7. The molecular weight excluding hydrogens is 557 g/mol. The van der Waals surface area contributed by atoms with Crippen LogP contribution in [0.25, 0.3) is 0 Å². The van der Waals surface area contributed by atoms with E-state index in [0.717, 1.165) is 44.1 Å². The van der Waals surface area contributed by atoms with Crippen LogP contribution in [0.4, 0.5) is 4.79 Å². The first kappa shape index (κ1) is 31.8. The fourth-order valence-corrected chi connectivity index (χ4v) is 5.04. The summed E-state index contributed by atoms with van der Waals surface area (Å²) < 4.78 is 22.8. The number of carboxylic acid groups (broad SMARTS) is 1. The van der Waals surface area contributed by atoms with E-state index >= 15 is 0 Å². The Morgan fingerprint density at radius 3 is 2.25 bits per heavy atom. The Labute approximate surface area is 246 Å². The lowest BCUT2D eigenvalue weighted by Crippen LogP contribution is -2.38. The molecule has 1 unspecified atom stereocenters. The van der Waals surface area contributed by atoms with Crippen LogP contribution in [-0.2, 0) is 20.7 Å². The number of nitrogens with zero attached hydrogens (tertiary/aromatic N) is 1. The minimum atomic E-state index is -0.984. The molecule has 8 nitrogen and oxygen atoms in total. The van der Waals surface area contributed by atoms with Gasteiger partial charge in [-0.25, -0.2) is 9.59 Å². The van der Waals surface area contributed by atoms with E-state index in [1.54, 1.807) is 42.2 Å². The second-order valence-electron chi connectivity index (χ2n) is 9.77. The van der Waals surface area contributed by atoms with Gasteiger partial charge in [0.1, 0.15) is 24.2 Å². The van der Waals surface area contributed by atoms with Gasteiger partial charge in [0.15, 0.2) is 6.10 Å². The van der Waals surface area contributed by atoms with Crippen molar-refractivity contribution in [2.75, 3.05) is 32.9 Å². The van der Waals surface area contributed by atoms with Gasteiger partial charge in [-0.3, -0.25) is 0 Å². The first-order chi connectivity index (χ1) is 19.3. The van der Waals surface area contributed by atoms with E-state index in [2.05, 4.69) is 0 Å². The predicted molar refractivity (Wildman–Crippen MR) is 155 cm³/mol. The minimum absolute atomic E-state index is 0.0283. The fraction of sp³-hybridized carbons (Fsp3) is 0.533. The Kier molecular flexibility index (Phi) is 13.7. The lowest BCUT2D eigenvalue weighted by atomic mass is 9.98. The van der Waals surface area contributed by atoms with Crippen LogP contribution in [0.15, 0.2) is 42.5 Å². The number of hydrogen-bond acceptors (Lipinski definition) is 6. The third kappa shape index (κ3) is 11.4. The summed E-state index contributed by atoms with van der Waals surface area (Å²) in [5.74, 6) is 0.269. The number of amides is 1. The second kappa shape index (κ2) is 17.2. The van der Waals surface area contributed by atoms with Crippen LogP contribution in [0, 0.1) is 0 Å². The van der Waals surface area contributed by atoms with Gasteiger partial charge in [-0.15, -0.1) is 0 Å². The van der Waals surface area contributed by atoms with Gasteiger partial charge >= 0.3 is 12.1 Å². The molecule has 1 aliphatic rings. The van der Waals surface area contributed by atoms with Crippen molar-refractivity contribution in [3.8, 4) is 11.5 Å². The Balaban J connectivity index is 1.48. The molecule has 2 aromatic rings. The summed E-state index contributed by atoms with van der Waals surface area (Å²) in [5, 5.41) is 10.3. The van der Waals surface area contributed by atoms with Crippen LogP contribution in [0.1, 0.15) is 57.4 Å². The van der Waals surface area contributed by atoms with E-state index in [1.165, 1.54) is 6.42 Å². The van der Waals surface area contributed by atoms with Crippen LogP contribution in [-0.4, -0.2) is 67.2 Å². The van der Waals surface area contributed by atoms with Crippen LogP contribution in [0.5, 0.6) is 11.5 Å². The SMILES string of the molecule is CCOC(Cc1ccc(OCCN(CCCCOc2cc(Cl)cc(Cl)c2)C(=O)OC2CCCCC2)cc1)C(=O)O. The molecule has 1 atom stereocenters. The number of ether oxygens (including phenoxy) is 4. The summed E-state index contributed by atoms with van der Waals surface area (Å²) in [5.41, 5.74) is 0.841. The maximum atomic E-state index is 13.0. The number of aliphatic carboxylic acids is 1. The van der Waals surface area contributed by atoms with Crippen molar-refractivity contribution in [3.05, 3.63) is 58.1 Å². The molecule has 1 amide bonds. The highest BCUT2D eigenvalue weighted by molar-refractivity contribution is 6.34. The molecule has 0 heterocycles. The molecular formula is C30H39Cl2NO7. The number of benzene rings is 2. The molecule has 1 fully saturated rings. The Hall–Kier alpha value is -2.68. The lowest BCUT2D eigenvalue weighted by Gasteiger charge is -2.27. The highest BCUT2D eigenvalue weighted by atomic mass is 35.5. The summed E-state index contributed by atoms with van der Waals surface area (Å²) in [6, 6.07) is 12.3. The van der Waals surface area contributed by atoms with Gasteiger partial charge in [0, 0.05) is 29.6 Å². The molecule has 0 saturated heterocycles. The van der Waals surface area contributed by atoms with Gasteiger partial charge in [-0.05, 0) is 81.3 Å². The molecule has 0 aliphatic heterocycles. The topological polar surface area (TPSA) is 94.5 Å². The number of unbranched alkanes of at least 4 members (excludes halogenated alkanes) is 1. The average Bonchev–Trinajstić information content (AvgIpc) is 2.92. The van der Waals surface area contributed by atoms with E-state index in [-0.39, 0.29) is 18.6 Å². The van der Waals surface area contributed by atoms with Crippen LogP contribution in [0.2, 0.25) is 10.0 Å². The third-order valence-electron chi connectivity index (χ3n) is 6.62. The molecule has 0 bridgehead atoms. The summed E-state index contributed by atoms with van der Waals surface area (Å²) >= 11 is 12.1. The van der Waals surface area contributed by atoms with Gasteiger partial charge in [0.25, 0.3) is 0 Å². The maximum Gasteiger partial charge on any atom is 0.410 e. The summed E-state index contributed by atoms with van der Waals surface area (Å²) in [6.07, 6.45) is 5.68. The quantitative estimate of drug-likeness (QED) is 0.208. The smallest absolute Gasteiger partial charge is 0.410 e. The largest absolute Gasteiger partial charge is 0.493 e. The number of hydrogen-bond donors (Lipinski definition) is 1. The first-order valence-electron chi connectivity index (χ1n) is 13.9. The molecule has 2 aromatic carbocycles. The van der Waals surface area contributed by atoms with Crippen LogP contribution in [0.3, 0.4) is 0 Å². The van der Waals surface area contributed by atoms with E-state index in [9.17, 15) is 14.7 Å². The zero-order valence-electron chi connectivity index (χ0n) is 23.0. The fourth-order valence-electron chi connectivity index (χ4n) is 4.53. The van der Waals surface area contributed by atoms with Crippen molar-refractivity contribution in [1.29, 1.82) is 0 Å². The molecule has 1 saturated carbocycles. The Morgan fingerprint density at radius 2 is 1.60 bits per heavy atom. The van der Waals surface area contributed by atoms with Gasteiger partial charge in [0.05, 0.1) is 13.2 Å². The second-order valence-corrected chi connectivity index (χ2v) is 10.6. The van der Waals surface area contributed by atoms with Crippen molar-refractivity contribution >= 4 is 35.3 Å². The number of rotatable bonds is 16. The molecule has 0 spiro atoms. The van der Waals surface area contributed by atoms with Crippen molar-refractivity contribution < 1.29 is 33.6 Å². The van der Waals surface area contributed by atoms with Crippen molar-refractivity contribution in [2.24, 2.45) is 0 Å². The molecule has 1 N–H and O–H groups in total. The number of carbonyl (C=O) groups is 2. The normalized spacial score (nSPS) is 14.4. The number of halogens is 2. The highest BCUT2D eigenvalue weighted by Crippen LogP contribution is 2.24. The molecule has 10 heteroatoms. The predicted octanol–water partition coefficient (Wildman–Crippen LogP) is 7.03. The van der Waals surface area contributed by atoms with Crippen molar-refractivity contribution in [2.45, 2.75) is 70.5 Å². The zero-order valence-corrected chi connectivity index (χ0v) is 24.5. The Bertz CT molecular complexity index is 1040. The monoisotopic (exact) mass is 595 g/mol. The van der Waals surface area contributed by atoms with E-state index in [0.29, 0.717) is 54.5 Å². The van der Waals surface area contributed by atoms with Crippen LogP contribution < -0.4 is 9.47 Å². The minimum Gasteiger partial charge on any atom is -0.493 e. The van der Waals surface area contributed by atoms with Gasteiger partial charge < -0.3 is 29.0 Å². The first-order valence-corrected chi connectivity index (χ1v) is 14.7. The van der Waals surface area contributed by atoms with E-state index < -0.39 is 12.1 Å². The summed E-state index contributed by atoms with van der Waals surface area (Å²) in [6.45, 7) is 3.77. The molecule has 0 radical (unpaired) electrons. The molecule has 0 aromatic heterocycles. The van der Waals surface area contributed by atoms with E-state index in [4.69, 9.17) is 42.1 Å². The molecule has 220 valence electrons. The van der Waals surface area contributed by atoms with Gasteiger partial charge in [-0.1, -0.05) is 41.8 Å². The van der Waals surface area contributed by atoms with Crippen molar-refractivity contribution in [3.63, 3.8) is 0 Å². The lowest BCUT2D eigenvalue weighted by molar-refractivity contribution is -0.149. The Morgan fingerprint density at radius 1 is 0.925 bits per heavy atom. The summed E-state index contributed by atoms with van der Waals surface area (Å²) in [7, 11) is 0. The average molecular weight is 597 g/mol. The number of carbonyl (C=O) groups excluding carboxylic acids is 1. The van der Waals surface area contributed by atoms with Gasteiger partial charge in [-0.2, -0.15) is 0 Å². The standard InChI is InChI=1S/C30H39Cl2NO7/c1-2-37-28(29(34)35)18-22-10-12-25(13-11-22)39-17-15-33(30(36)40-26-8-4-3-5-9-26)14-6-7-16-38-27-20-23(31)19-24(32)21-27/h10-13,19-21,26,28H,2-9,14-18H2,1H3,(H,34,35). The van der Waals surface area contributed by atoms with Crippen LogP contribution >= 0.6 is 23.2 Å². The highest BCUT2D eigenvalue weighted by Gasteiger charge is 2.22. The van der Waals surface area contributed by atoms with Crippen molar-refractivity contribution in [1.82, 2.24) is 4.90 Å². The number of carboxylic acids is 1. The van der Waals surface area contributed by atoms with Gasteiger partial charge in [0.2, 0.25) is 0 Å². The molecule has 3 rings (SSSR count). The third-order valence-corrected chi connectivity index (χ3v) is 7.06. The van der Waals surface area contributed by atoms with E-state index in [1.807, 2.05) is 12.1 Å². The molecule has 1 aliphatic carbocycles. The summed E-state index contributed by atoms with van der Waals surface area (Å²) in [4.78, 5) is 26.0.